The number of hydrogen-bond acceptors (Lipinski definition) is 0. The molecule has 46 valence electrons. The molecule has 0 bridgehead atoms. The second kappa shape index (κ2) is 3.90. The summed E-state index contributed by atoms with van der Waals surface area (Å²) in [6, 6.07) is 0. The topological polar surface area (TPSA) is 0 Å². The zero-order valence-corrected chi connectivity index (χ0v) is 6.56. The van der Waals surface area contributed by atoms with Crippen molar-refractivity contribution in [2.75, 3.05) is 0 Å². The molecule has 0 heterocycles. The van der Waals surface area contributed by atoms with Gasteiger partial charge >= 0.3 is 22.4 Å². The largest absolute Gasteiger partial charge is 1.00 e. The van der Waals surface area contributed by atoms with Gasteiger partial charge < -0.3 is 6.08 Å². The number of hydrogen-bond donors (Lipinski definition) is 0. The summed E-state index contributed by atoms with van der Waals surface area (Å²) in [7, 11) is 0. The van der Waals surface area contributed by atoms with Crippen LogP contribution < -0.4 is 0 Å². The average Bonchev–Trinajstić information content (AvgIpc) is 2.14. The van der Waals surface area contributed by atoms with Gasteiger partial charge in [0, 0.05) is 0 Å². The smallest absolute Gasteiger partial charge is 0.493 e. The van der Waals surface area contributed by atoms with Crippen LogP contribution in [0.3, 0.4) is 0 Å². The van der Waals surface area contributed by atoms with Gasteiger partial charge in [0.2, 0.25) is 0 Å². The predicted octanol–water partition coefficient (Wildman–Crippen LogP) is 1.72. The summed E-state index contributed by atoms with van der Waals surface area (Å²) in [5, 5.41) is 0. The van der Waals surface area contributed by atoms with Gasteiger partial charge in [-0.2, -0.15) is 0 Å². The van der Waals surface area contributed by atoms with Crippen molar-refractivity contribution in [2.45, 2.75) is 0 Å². The SMILES string of the molecule is C=[C-]C1C=CC=C1.[Au+]. The van der Waals surface area contributed by atoms with E-state index in [1.54, 1.807) is 0 Å². The molecule has 0 fully saturated rings. The van der Waals surface area contributed by atoms with Crippen LogP contribution >= 0.6 is 0 Å². The summed E-state index contributed by atoms with van der Waals surface area (Å²) in [5.74, 6) is 0.375. The Balaban J connectivity index is 0.000000490. The van der Waals surface area contributed by atoms with E-state index in [2.05, 4.69) is 12.7 Å². The van der Waals surface area contributed by atoms with Crippen LogP contribution in [0.15, 0.2) is 30.9 Å². The maximum absolute atomic E-state index is 3.52. The summed E-state index contributed by atoms with van der Waals surface area (Å²) < 4.78 is 0. The molecular formula is C7H7Au. The first-order valence-corrected chi connectivity index (χ1v) is 2.31. The Morgan fingerprint density at radius 2 is 1.75 bits per heavy atom. The van der Waals surface area contributed by atoms with E-state index in [0.717, 1.165) is 0 Å². The maximum Gasteiger partial charge on any atom is 1.00 e. The molecule has 0 aromatic heterocycles. The minimum absolute atomic E-state index is 0. The molecule has 0 amide bonds. The van der Waals surface area contributed by atoms with Gasteiger partial charge in [-0.3, -0.25) is 6.58 Å². The maximum atomic E-state index is 3.52. The molecule has 1 heteroatoms. The van der Waals surface area contributed by atoms with Crippen molar-refractivity contribution in [2.24, 2.45) is 5.92 Å². The van der Waals surface area contributed by atoms with Crippen molar-refractivity contribution in [1.82, 2.24) is 0 Å². The van der Waals surface area contributed by atoms with Crippen LogP contribution in [0, 0.1) is 12.0 Å². The third kappa shape index (κ3) is 1.83. The Bertz CT molecular complexity index is 110. The van der Waals surface area contributed by atoms with Crippen LogP contribution in [0.4, 0.5) is 0 Å². The molecule has 8 heavy (non-hydrogen) atoms. The fourth-order valence-corrected chi connectivity index (χ4v) is 0.568. The van der Waals surface area contributed by atoms with Gasteiger partial charge in [-0.1, -0.05) is 12.2 Å². The van der Waals surface area contributed by atoms with E-state index in [0.29, 0.717) is 5.92 Å². The Morgan fingerprint density at radius 1 is 1.25 bits per heavy atom. The van der Waals surface area contributed by atoms with E-state index in [-0.39, 0.29) is 22.4 Å². The first-order valence-electron chi connectivity index (χ1n) is 2.31. The Kier molecular flexibility index (Phi) is 3.88. The fraction of sp³-hybridized carbons (Fsp3) is 0.143. The molecule has 0 aliphatic heterocycles. The normalized spacial score (nSPS) is 16.0. The molecule has 1 aliphatic carbocycles. The van der Waals surface area contributed by atoms with E-state index in [1.165, 1.54) is 0 Å². The zero-order chi connectivity index (χ0) is 5.11. The molecule has 0 N–H and O–H groups in total. The average molecular weight is 288 g/mol. The van der Waals surface area contributed by atoms with Crippen LogP contribution in [-0.2, 0) is 22.4 Å². The molecule has 0 saturated carbocycles. The quantitative estimate of drug-likeness (QED) is 0.509. The van der Waals surface area contributed by atoms with Crippen molar-refractivity contribution >= 4 is 0 Å². The second-order valence-electron chi connectivity index (χ2n) is 1.50. The monoisotopic (exact) mass is 288 g/mol. The van der Waals surface area contributed by atoms with Gasteiger partial charge in [0.15, 0.2) is 0 Å². The van der Waals surface area contributed by atoms with Crippen molar-refractivity contribution < 1.29 is 22.4 Å². The molecular weight excluding hydrogens is 281 g/mol. The molecule has 0 spiro atoms. The first kappa shape index (κ1) is 7.96. The summed E-state index contributed by atoms with van der Waals surface area (Å²) in [6.45, 7) is 3.52. The predicted molar refractivity (Wildman–Crippen MR) is 30.6 cm³/mol. The number of allylic oxidation sites excluding steroid dienone is 5. The molecule has 0 aromatic carbocycles. The molecule has 0 saturated heterocycles. The summed E-state index contributed by atoms with van der Waals surface area (Å²) in [4.78, 5) is 0. The van der Waals surface area contributed by atoms with E-state index in [1.807, 2.05) is 24.3 Å². The molecule has 0 aromatic rings. The number of rotatable bonds is 1. The van der Waals surface area contributed by atoms with Gasteiger partial charge in [0.1, 0.15) is 0 Å². The van der Waals surface area contributed by atoms with Crippen LogP contribution in [0.1, 0.15) is 0 Å². The van der Waals surface area contributed by atoms with Gasteiger partial charge in [0.25, 0.3) is 0 Å². The molecule has 0 unspecified atom stereocenters. The first-order chi connectivity index (χ1) is 3.43. The third-order valence-corrected chi connectivity index (χ3v) is 0.984. The summed E-state index contributed by atoms with van der Waals surface area (Å²) in [6.07, 6.45) is 10.9. The van der Waals surface area contributed by atoms with Crippen molar-refractivity contribution in [3.8, 4) is 0 Å². The minimum atomic E-state index is 0. The zero-order valence-electron chi connectivity index (χ0n) is 4.40. The van der Waals surface area contributed by atoms with Crippen LogP contribution in [0.25, 0.3) is 0 Å². The summed E-state index contributed by atoms with van der Waals surface area (Å²) >= 11 is 0. The molecule has 1 aliphatic rings. The molecule has 1 rings (SSSR count). The Hall–Kier alpha value is -0.0397. The van der Waals surface area contributed by atoms with Gasteiger partial charge in [-0.15, -0.1) is 18.1 Å². The van der Waals surface area contributed by atoms with Gasteiger partial charge in [0.05, 0.1) is 0 Å². The molecule has 0 atom stereocenters. The van der Waals surface area contributed by atoms with Gasteiger partial charge in [-0.05, 0) is 0 Å². The van der Waals surface area contributed by atoms with E-state index >= 15 is 0 Å². The molecule has 0 radical (unpaired) electrons. The summed E-state index contributed by atoms with van der Waals surface area (Å²) in [5.41, 5.74) is 0. The van der Waals surface area contributed by atoms with Crippen LogP contribution in [0.2, 0.25) is 0 Å². The van der Waals surface area contributed by atoms with Crippen molar-refractivity contribution in [3.05, 3.63) is 37.0 Å². The van der Waals surface area contributed by atoms with Gasteiger partial charge in [-0.25, -0.2) is 0 Å². The van der Waals surface area contributed by atoms with E-state index < -0.39 is 0 Å². The Morgan fingerprint density at radius 3 is 2.00 bits per heavy atom. The van der Waals surface area contributed by atoms with Crippen molar-refractivity contribution in [3.63, 3.8) is 0 Å². The Labute approximate surface area is 65.5 Å². The van der Waals surface area contributed by atoms with Crippen LogP contribution in [-0.4, -0.2) is 0 Å². The standard InChI is InChI=1S/C7H7.Au/c1-2-7-5-3-4-6-7;/h3-7H,1H2;/q-1;+1. The van der Waals surface area contributed by atoms with Crippen LogP contribution in [0.5, 0.6) is 0 Å². The second-order valence-corrected chi connectivity index (χ2v) is 1.50. The minimum Gasteiger partial charge on any atom is -0.493 e. The van der Waals surface area contributed by atoms with E-state index in [9.17, 15) is 0 Å². The third-order valence-electron chi connectivity index (χ3n) is 0.984. The molecule has 0 nitrogen and oxygen atoms in total. The van der Waals surface area contributed by atoms with E-state index in [4.69, 9.17) is 0 Å². The fourth-order valence-electron chi connectivity index (χ4n) is 0.568. The van der Waals surface area contributed by atoms with Crippen molar-refractivity contribution in [1.29, 1.82) is 0 Å².